The molecule has 3 nitrogen and oxygen atoms in total. The lowest BCUT2D eigenvalue weighted by molar-refractivity contribution is -0.151. The highest BCUT2D eigenvalue weighted by atomic mass is 35.5. The van der Waals surface area contributed by atoms with Crippen molar-refractivity contribution in [1.29, 1.82) is 0 Å². The first-order valence-electron chi connectivity index (χ1n) is 9.17. The van der Waals surface area contributed by atoms with Gasteiger partial charge < -0.3 is 14.8 Å². The lowest BCUT2D eigenvalue weighted by Crippen LogP contribution is -2.43. The van der Waals surface area contributed by atoms with E-state index in [-0.39, 0.29) is 18.0 Å². The molecule has 26 heavy (non-hydrogen) atoms. The highest BCUT2D eigenvalue weighted by Gasteiger charge is 2.42. The minimum atomic E-state index is -0.393. The van der Waals surface area contributed by atoms with Crippen LogP contribution in [0.15, 0.2) is 36.4 Å². The van der Waals surface area contributed by atoms with Gasteiger partial charge in [0.15, 0.2) is 0 Å². The van der Waals surface area contributed by atoms with Crippen LogP contribution in [0.25, 0.3) is 0 Å². The molecule has 138 valence electrons. The standard InChI is InChI=1S/C21H23ClFNO2/c1-3-12(2)13-7-8-17-14(11-13)20-21(26-10-9-25-20)19(24-17)18-15(22)5-4-6-16(18)23/h4-8,11-12,19-21,24H,3,9-10H2,1-2H3. The molecule has 0 radical (unpaired) electrons. The van der Waals surface area contributed by atoms with Crippen molar-refractivity contribution >= 4 is 17.3 Å². The maximum Gasteiger partial charge on any atom is 0.130 e. The molecule has 0 bridgehead atoms. The Labute approximate surface area is 158 Å². The summed E-state index contributed by atoms with van der Waals surface area (Å²) < 4.78 is 26.7. The number of fused-ring (bicyclic) bond motifs is 3. The summed E-state index contributed by atoms with van der Waals surface area (Å²) >= 11 is 6.33. The first-order valence-corrected chi connectivity index (χ1v) is 9.55. The summed E-state index contributed by atoms with van der Waals surface area (Å²) in [6, 6.07) is 10.8. The van der Waals surface area contributed by atoms with E-state index in [2.05, 4.69) is 37.4 Å². The molecule has 0 amide bonds. The van der Waals surface area contributed by atoms with Crippen LogP contribution in [-0.4, -0.2) is 19.3 Å². The average Bonchev–Trinajstić information content (AvgIpc) is 2.67. The van der Waals surface area contributed by atoms with Gasteiger partial charge in [0.05, 0.1) is 19.3 Å². The third-order valence-corrected chi connectivity index (χ3v) is 5.83. The van der Waals surface area contributed by atoms with Crippen LogP contribution in [-0.2, 0) is 9.47 Å². The summed E-state index contributed by atoms with van der Waals surface area (Å²) in [5, 5.41) is 3.85. The zero-order valence-corrected chi connectivity index (χ0v) is 15.7. The highest BCUT2D eigenvalue weighted by Crippen LogP contribution is 2.46. The second kappa shape index (κ2) is 7.18. The predicted octanol–water partition coefficient (Wildman–Crippen LogP) is 5.62. The van der Waals surface area contributed by atoms with Crippen molar-refractivity contribution in [3.05, 3.63) is 63.9 Å². The normalized spacial score (nSPS) is 25.8. The van der Waals surface area contributed by atoms with Gasteiger partial charge in [-0.25, -0.2) is 4.39 Å². The predicted molar refractivity (Wildman–Crippen MR) is 101 cm³/mol. The Bertz CT molecular complexity index is 792. The SMILES string of the molecule is CCC(C)c1ccc2c(c1)C1OCCOC1C(c1c(F)cccc1Cl)N2. The van der Waals surface area contributed by atoms with E-state index in [9.17, 15) is 4.39 Å². The fourth-order valence-corrected chi connectivity index (χ4v) is 4.14. The summed E-state index contributed by atoms with van der Waals surface area (Å²) in [6.07, 6.45) is 0.521. The van der Waals surface area contributed by atoms with Crippen LogP contribution in [0.1, 0.15) is 55.0 Å². The minimum Gasteiger partial charge on any atom is -0.375 e. The van der Waals surface area contributed by atoms with Crippen molar-refractivity contribution in [2.75, 3.05) is 18.5 Å². The molecule has 4 unspecified atom stereocenters. The Balaban J connectivity index is 1.79. The summed E-state index contributed by atoms with van der Waals surface area (Å²) in [6.45, 7) is 5.43. The van der Waals surface area contributed by atoms with Crippen molar-refractivity contribution in [3.8, 4) is 0 Å². The molecule has 2 aromatic rings. The van der Waals surface area contributed by atoms with Gasteiger partial charge in [-0.1, -0.05) is 43.6 Å². The van der Waals surface area contributed by atoms with Crippen LogP contribution in [0.4, 0.5) is 10.1 Å². The zero-order chi connectivity index (χ0) is 18.3. The maximum absolute atomic E-state index is 14.6. The van der Waals surface area contributed by atoms with Crippen molar-refractivity contribution in [2.45, 2.75) is 44.4 Å². The van der Waals surface area contributed by atoms with E-state index in [4.69, 9.17) is 21.1 Å². The Morgan fingerprint density at radius 1 is 1.23 bits per heavy atom. The minimum absolute atomic E-state index is 0.232. The molecule has 1 saturated heterocycles. The van der Waals surface area contributed by atoms with Crippen LogP contribution < -0.4 is 5.32 Å². The van der Waals surface area contributed by atoms with Crippen LogP contribution >= 0.6 is 11.6 Å². The van der Waals surface area contributed by atoms with Gasteiger partial charge in [0, 0.05) is 21.8 Å². The van der Waals surface area contributed by atoms with Crippen LogP contribution in [0.3, 0.4) is 0 Å². The van der Waals surface area contributed by atoms with Gasteiger partial charge >= 0.3 is 0 Å². The lowest BCUT2D eigenvalue weighted by Gasteiger charge is -2.43. The fraction of sp³-hybridized carbons (Fsp3) is 0.429. The van der Waals surface area contributed by atoms with Crippen LogP contribution in [0.2, 0.25) is 5.02 Å². The van der Waals surface area contributed by atoms with E-state index in [1.165, 1.54) is 11.6 Å². The molecule has 5 heteroatoms. The van der Waals surface area contributed by atoms with Crippen molar-refractivity contribution in [1.82, 2.24) is 0 Å². The van der Waals surface area contributed by atoms with Gasteiger partial charge in [-0.3, -0.25) is 0 Å². The van der Waals surface area contributed by atoms with Gasteiger partial charge in [0.25, 0.3) is 0 Å². The van der Waals surface area contributed by atoms with E-state index in [0.29, 0.717) is 29.7 Å². The molecule has 4 rings (SSSR count). The largest absolute Gasteiger partial charge is 0.375 e. The summed E-state index contributed by atoms with van der Waals surface area (Å²) in [7, 11) is 0. The number of hydrogen-bond donors (Lipinski definition) is 1. The Kier molecular flexibility index (Phi) is 4.91. The van der Waals surface area contributed by atoms with Gasteiger partial charge in [-0.15, -0.1) is 0 Å². The first-order chi connectivity index (χ1) is 12.6. The Morgan fingerprint density at radius 2 is 2.04 bits per heavy atom. The summed E-state index contributed by atoms with van der Waals surface area (Å²) in [5.41, 5.74) is 3.75. The quantitative estimate of drug-likeness (QED) is 0.755. The highest BCUT2D eigenvalue weighted by molar-refractivity contribution is 6.31. The first kappa shape index (κ1) is 17.8. The van der Waals surface area contributed by atoms with E-state index >= 15 is 0 Å². The molecule has 2 heterocycles. The number of rotatable bonds is 3. The summed E-state index contributed by atoms with van der Waals surface area (Å²) in [4.78, 5) is 0. The third kappa shape index (κ3) is 3.00. The average molecular weight is 376 g/mol. The number of benzene rings is 2. The van der Waals surface area contributed by atoms with Gasteiger partial charge in [-0.2, -0.15) is 0 Å². The van der Waals surface area contributed by atoms with E-state index in [1.54, 1.807) is 12.1 Å². The second-order valence-electron chi connectivity index (χ2n) is 7.04. The third-order valence-electron chi connectivity index (χ3n) is 5.50. The Morgan fingerprint density at radius 3 is 2.81 bits per heavy atom. The molecule has 1 fully saturated rings. The lowest BCUT2D eigenvalue weighted by atomic mass is 9.85. The molecule has 0 aliphatic carbocycles. The van der Waals surface area contributed by atoms with Crippen molar-refractivity contribution in [3.63, 3.8) is 0 Å². The smallest absolute Gasteiger partial charge is 0.130 e. The Hall–Kier alpha value is -1.62. The van der Waals surface area contributed by atoms with Crippen molar-refractivity contribution in [2.24, 2.45) is 0 Å². The molecular formula is C21H23ClFNO2. The topological polar surface area (TPSA) is 30.5 Å². The second-order valence-corrected chi connectivity index (χ2v) is 7.45. The number of nitrogens with one attached hydrogen (secondary N) is 1. The number of anilines is 1. The number of hydrogen-bond acceptors (Lipinski definition) is 3. The molecule has 1 N–H and O–H groups in total. The van der Waals surface area contributed by atoms with E-state index in [0.717, 1.165) is 17.7 Å². The number of ether oxygens (including phenoxy) is 2. The fourth-order valence-electron chi connectivity index (χ4n) is 3.86. The molecule has 2 aliphatic heterocycles. The van der Waals surface area contributed by atoms with Gasteiger partial charge in [0.2, 0.25) is 0 Å². The zero-order valence-electron chi connectivity index (χ0n) is 15.0. The molecule has 4 atom stereocenters. The molecule has 0 spiro atoms. The number of halogens is 2. The van der Waals surface area contributed by atoms with E-state index < -0.39 is 6.04 Å². The molecule has 0 aromatic heterocycles. The monoisotopic (exact) mass is 375 g/mol. The van der Waals surface area contributed by atoms with Gasteiger partial charge in [-0.05, 0) is 36.1 Å². The van der Waals surface area contributed by atoms with Gasteiger partial charge in [0.1, 0.15) is 18.0 Å². The van der Waals surface area contributed by atoms with E-state index in [1.807, 2.05) is 0 Å². The molecule has 2 aromatic carbocycles. The molecule has 2 aliphatic rings. The van der Waals surface area contributed by atoms with Crippen LogP contribution in [0.5, 0.6) is 0 Å². The molecular weight excluding hydrogens is 353 g/mol. The molecule has 0 saturated carbocycles. The summed E-state index contributed by atoms with van der Waals surface area (Å²) in [5.74, 6) is 0.143. The van der Waals surface area contributed by atoms with Crippen LogP contribution in [0, 0.1) is 5.82 Å². The van der Waals surface area contributed by atoms with Crippen molar-refractivity contribution < 1.29 is 13.9 Å². The maximum atomic E-state index is 14.6.